The maximum absolute atomic E-state index is 4.49. The van der Waals surface area contributed by atoms with Crippen LogP contribution in [0.4, 0.5) is 5.69 Å². The van der Waals surface area contributed by atoms with Crippen molar-refractivity contribution in [2.24, 2.45) is 0 Å². The molecule has 1 heteroatoms. The van der Waals surface area contributed by atoms with Crippen LogP contribution in [0.25, 0.3) is 0 Å². The second-order valence-corrected chi connectivity index (χ2v) is 12.0. The fourth-order valence-electron chi connectivity index (χ4n) is 5.82. The number of hydrogen-bond donors (Lipinski definition) is 0. The third-order valence-electron chi connectivity index (χ3n) is 8.40. The van der Waals surface area contributed by atoms with Gasteiger partial charge < -0.3 is 4.90 Å². The van der Waals surface area contributed by atoms with Crippen molar-refractivity contribution in [2.75, 3.05) is 11.4 Å². The van der Waals surface area contributed by atoms with Crippen molar-refractivity contribution >= 4 is 5.69 Å². The Bertz CT molecular complexity index is 1170. The smallest absolute Gasteiger partial charge is 0.0450 e. The van der Waals surface area contributed by atoms with Gasteiger partial charge in [-0.15, -0.1) is 0 Å². The van der Waals surface area contributed by atoms with Crippen molar-refractivity contribution in [3.63, 3.8) is 0 Å². The molecule has 0 fully saturated rings. The molecule has 2 aromatic rings. The number of nitrogens with zero attached hydrogens (tertiary/aromatic N) is 1. The number of fused-ring (bicyclic) bond motifs is 1. The molecule has 1 aliphatic rings. The lowest BCUT2D eigenvalue weighted by Gasteiger charge is -2.28. The summed E-state index contributed by atoms with van der Waals surface area (Å²) < 4.78 is 0. The van der Waals surface area contributed by atoms with Crippen LogP contribution < -0.4 is 4.90 Å². The molecule has 204 valence electrons. The molecular formula is C37H51N. The molecule has 0 bridgehead atoms. The molecule has 1 heterocycles. The highest BCUT2D eigenvalue weighted by molar-refractivity contribution is 5.70. The van der Waals surface area contributed by atoms with Crippen LogP contribution in [-0.2, 0) is 10.8 Å². The van der Waals surface area contributed by atoms with Gasteiger partial charge in [0.1, 0.15) is 0 Å². The van der Waals surface area contributed by atoms with Gasteiger partial charge in [-0.25, -0.2) is 0 Å². The Morgan fingerprint density at radius 3 is 2.29 bits per heavy atom. The Balaban J connectivity index is 1.88. The molecule has 1 nitrogen and oxygen atoms in total. The first-order chi connectivity index (χ1) is 18.1. The van der Waals surface area contributed by atoms with Crippen molar-refractivity contribution in [2.45, 2.75) is 104 Å². The Kier molecular flexibility index (Phi) is 10.4. The highest BCUT2D eigenvalue weighted by atomic mass is 15.2. The van der Waals surface area contributed by atoms with Crippen molar-refractivity contribution in [1.29, 1.82) is 0 Å². The summed E-state index contributed by atoms with van der Waals surface area (Å²) in [5.74, 6) is 0. The lowest BCUT2D eigenvalue weighted by Crippen LogP contribution is -2.27. The van der Waals surface area contributed by atoms with Gasteiger partial charge in [0.2, 0.25) is 0 Å². The van der Waals surface area contributed by atoms with Crippen LogP contribution in [0, 0.1) is 6.92 Å². The Labute approximate surface area is 234 Å². The predicted octanol–water partition coefficient (Wildman–Crippen LogP) is 10.8. The minimum atomic E-state index is -0.110. The monoisotopic (exact) mass is 509 g/mol. The molecule has 0 atom stereocenters. The van der Waals surface area contributed by atoms with E-state index in [-0.39, 0.29) is 10.8 Å². The summed E-state index contributed by atoms with van der Waals surface area (Å²) in [6.45, 7) is 21.6. The van der Waals surface area contributed by atoms with Gasteiger partial charge in [0, 0.05) is 28.8 Å². The Morgan fingerprint density at radius 1 is 0.895 bits per heavy atom. The second kappa shape index (κ2) is 13.3. The van der Waals surface area contributed by atoms with E-state index >= 15 is 0 Å². The van der Waals surface area contributed by atoms with E-state index in [4.69, 9.17) is 0 Å². The third kappa shape index (κ3) is 6.79. The molecule has 0 aliphatic carbocycles. The van der Waals surface area contributed by atoms with Crippen molar-refractivity contribution in [3.05, 3.63) is 113 Å². The van der Waals surface area contributed by atoms with Crippen LogP contribution in [0.2, 0.25) is 0 Å². The molecule has 0 unspecified atom stereocenters. The van der Waals surface area contributed by atoms with Gasteiger partial charge >= 0.3 is 0 Å². The van der Waals surface area contributed by atoms with E-state index in [0.717, 1.165) is 25.0 Å². The van der Waals surface area contributed by atoms with E-state index in [9.17, 15) is 0 Å². The number of anilines is 1. The van der Waals surface area contributed by atoms with E-state index in [1.165, 1.54) is 65.8 Å². The predicted molar refractivity (Wildman–Crippen MR) is 169 cm³/mol. The minimum absolute atomic E-state index is 0.00598. The number of allylic oxidation sites excluding steroid dienone is 7. The highest BCUT2D eigenvalue weighted by Crippen LogP contribution is 2.47. The van der Waals surface area contributed by atoms with Gasteiger partial charge in [0.15, 0.2) is 0 Å². The number of unbranched alkanes of at least 4 members (excludes halogenated alkanes) is 4. The molecule has 3 rings (SSSR count). The molecule has 0 saturated carbocycles. The van der Waals surface area contributed by atoms with Crippen molar-refractivity contribution in [1.82, 2.24) is 0 Å². The van der Waals surface area contributed by atoms with Gasteiger partial charge in [-0.05, 0) is 59.7 Å². The summed E-state index contributed by atoms with van der Waals surface area (Å²) in [7, 11) is 0. The number of rotatable bonds is 13. The molecule has 0 aromatic heterocycles. The van der Waals surface area contributed by atoms with Crippen molar-refractivity contribution < 1.29 is 0 Å². The average Bonchev–Trinajstić information content (AvgIpc) is 3.11. The van der Waals surface area contributed by atoms with E-state index in [2.05, 4.69) is 133 Å². The molecule has 0 amide bonds. The molecule has 2 aromatic carbocycles. The summed E-state index contributed by atoms with van der Waals surface area (Å²) in [4.78, 5) is 2.59. The van der Waals surface area contributed by atoms with E-state index in [1.54, 1.807) is 0 Å². The number of benzene rings is 2. The van der Waals surface area contributed by atoms with Gasteiger partial charge in [-0.1, -0.05) is 141 Å². The molecule has 0 radical (unpaired) electrons. The highest BCUT2D eigenvalue weighted by Gasteiger charge is 2.39. The fourth-order valence-corrected chi connectivity index (χ4v) is 5.82. The van der Waals surface area contributed by atoms with Gasteiger partial charge in [0.25, 0.3) is 0 Å². The molecule has 0 saturated heterocycles. The second-order valence-electron chi connectivity index (χ2n) is 12.0. The Morgan fingerprint density at radius 2 is 1.58 bits per heavy atom. The first kappa shape index (κ1) is 29.8. The van der Waals surface area contributed by atoms with Gasteiger partial charge in [-0.3, -0.25) is 0 Å². The molecule has 1 aliphatic heterocycles. The zero-order chi connectivity index (χ0) is 27.8. The van der Waals surface area contributed by atoms with Crippen LogP contribution in [0.3, 0.4) is 0 Å². The summed E-state index contributed by atoms with van der Waals surface area (Å²) in [5, 5.41) is 0. The number of aryl methyl sites for hydroxylation is 1. The normalized spacial score (nSPS) is 16.4. The van der Waals surface area contributed by atoms with Crippen molar-refractivity contribution in [3.8, 4) is 0 Å². The summed E-state index contributed by atoms with van der Waals surface area (Å²) in [6, 6.07) is 17.7. The van der Waals surface area contributed by atoms with E-state index in [0.29, 0.717) is 0 Å². The van der Waals surface area contributed by atoms with E-state index in [1.807, 2.05) is 0 Å². The van der Waals surface area contributed by atoms with Gasteiger partial charge in [-0.2, -0.15) is 0 Å². The van der Waals surface area contributed by atoms with Crippen LogP contribution in [0.1, 0.15) is 103 Å². The zero-order valence-corrected chi connectivity index (χ0v) is 25.2. The first-order valence-corrected chi connectivity index (χ1v) is 14.9. The molecule has 38 heavy (non-hydrogen) atoms. The molecular weight excluding hydrogens is 458 g/mol. The number of hydrogen-bond acceptors (Lipinski definition) is 1. The lowest BCUT2D eigenvalue weighted by atomic mass is 9.76. The SMILES string of the molecule is C=C(/C=C/C(=C/C=C1\N(CCCCCCC)c2ccccc2C1(C)C)CCC)C(C)(C)c1ccccc1C. The summed E-state index contributed by atoms with van der Waals surface area (Å²) in [6.07, 6.45) is 18.0. The van der Waals surface area contributed by atoms with Gasteiger partial charge in [0.05, 0.1) is 0 Å². The fraction of sp³-hybridized carbons (Fsp3) is 0.459. The van der Waals surface area contributed by atoms with Crippen LogP contribution in [0.15, 0.2) is 96.3 Å². The van der Waals surface area contributed by atoms with E-state index < -0.39 is 0 Å². The van der Waals surface area contributed by atoms with Crippen LogP contribution in [-0.4, -0.2) is 6.54 Å². The lowest BCUT2D eigenvalue weighted by molar-refractivity contribution is 0.602. The molecule has 0 spiro atoms. The summed E-state index contributed by atoms with van der Waals surface area (Å²) >= 11 is 0. The average molecular weight is 510 g/mol. The number of para-hydroxylation sites is 1. The maximum atomic E-state index is 4.49. The minimum Gasteiger partial charge on any atom is -0.344 e. The summed E-state index contributed by atoms with van der Waals surface area (Å²) in [5.41, 5.74) is 9.28. The molecule has 0 N–H and O–H groups in total. The Hall–Kier alpha value is -2.80. The first-order valence-electron chi connectivity index (χ1n) is 14.9. The van der Waals surface area contributed by atoms with Crippen LogP contribution >= 0.6 is 0 Å². The standard InChI is InChI=1S/C37H51N/c1-9-11-12-13-18-28-38-34-23-17-16-22-33(34)37(7,8)35(38)27-26-31(19-10-2)25-24-30(4)36(5,6)32-21-15-14-20-29(32)3/h14-17,20-27H,4,9-13,18-19,28H2,1-3,5-8H3/b25-24+,31-26+,35-27-. The maximum Gasteiger partial charge on any atom is 0.0450 e. The topological polar surface area (TPSA) is 3.24 Å². The quantitative estimate of drug-likeness (QED) is 0.192. The largest absolute Gasteiger partial charge is 0.344 e. The third-order valence-corrected chi connectivity index (χ3v) is 8.40. The van der Waals surface area contributed by atoms with Crippen LogP contribution in [0.5, 0.6) is 0 Å². The zero-order valence-electron chi connectivity index (χ0n) is 25.2.